The molecule has 4 heteroatoms. The van der Waals surface area contributed by atoms with Crippen LogP contribution in [-0.4, -0.2) is 25.2 Å². The van der Waals surface area contributed by atoms with E-state index in [9.17, 15) is 9.59 Å². The third-order valence-corrected chi connectivity index (χ3v) is 1.38. The van der Waals surface area contributed by atoms with Gasteiger partial charge in [-0.3, -0.25) is 9.59 Å². The average Bonchev–Trinajstić information content (AvgIpc) is 2.57. The number of hydrogen-bond donors (Lipinski definition) is 0. The summed E-state index contributed by atoms with van der Waals surface area (Å²) < 4.78 is 9.07. The Morgan fingerprint density at radius 1 is 1.54 bits per heavy atom. The Kier molecular flexibility index (Phi) is 6.96. The lowest BCUT2D eigenvalue weighted by atomic mass is 10.4. The lowest BCUT2D eigenvalue weighted by Gasteiger charge is -1.93. The van der Waals surface area contributed by atoms with E-state index in [0.29, 0.717) is 26.1 Å². The summed E-state index contributed by atoms with van der Waals surface area (Å²) in [4.78, 5) is 20.2. The van der Waals surface area contributed by atoms with E-state index in [1.54, 1.807) is 13.8 Å². The molecule has 1 rings (SSSR count). The second kappa shape index (κ2) is 7.58. The summed E-state index contributed by atoms with van der Waals surface area (Å²) >= 11 is 0. The van der Waals surface area contributed by atoms with Gasteiger partial charge in [0.2, 0.25) is 0 Å². The third-order valence-electron chi connectivity index (χ3n) is 1.38. The van der Waals surface area contributed by atoms with Gasteiger partial charge in [0.1, 0.15) is 0 Å². The fourth-order valence-electron chi connectivity index (χ4n) is 0.738. The fraction of sp³-hybridized carbons (Fsp3) is 0.778. The molecule has 0 aromatic heterocycles. The molecule has 4 nitrogen and oxygen atoms in total. The van der Waals surface area contributed by atoms with Gasteiger partial charge in [-0.05, 0) is 13.3 Å². The zero-order chi connectivity index (χ0) is 10.1. The average molecular weight is 188 g/mol. The van der Waals surface area contributed by atoms with Gasteiger partial charge in [0, 0.05) is 12.8 Å². The summed E-state index contributed by atoms with van der Waals surface area (Å²) in [5, 5.41) is 0. The lowest BCUT2D eigenvalue weighted by Crippen LogP contribution is -2.00. The highest BCUT2D eigenvalue weighted by Gasteiger charge is 2.08. The molecule has 0 aromatic rings. The Hall–Kier alpha value is -1.06. The van der Waals surface area contributed by atoms with Gasteiger partial charge in [-0.1, -0.05) is 6.92 Å². The molecule has 1 aliphatic heterocycles. The minimum Gasteiger partial charge on any atom is -0.466 e. The number of hydrogen-bond acceptors (Lipinski definition) is 4. The quantitative estimate of drug-likeness (QED) is 0.612. The van der Waals surface area contributed by atoms with E-state index >= 15 is 0 Å². The molecule has 76 valence electrons. The predicted octanol–water partition coefficient (Wildman–Crippen LogP) is 1.28. The lowest BCUT2D eigenvalue weighted by molar-refractivity contribution is -0.142. The summed E-state index contributed by atoms with van der Waals surface area (Å²) in [5.41, 5.74) is 0. The standard InChI is InChI=1S/C5H10O2.C4H6O2/c1-3-5(6)7-4-2;5-4-2-1-3-6-4/h3-4H2,1-2H3;1-3H2. The van der Waals surface area contributed by atoms with Crippen molar-refractivity contribution in [2.75, 3.05) is 13.2 Å². The van der Waals surface area contributed by atoms with Crippen molar-refractivity contribution in [3.8, 4) is 0 Å². The number of cyclic esters (lactones) is 1. The predicted molar refractivity (Wildman–Crippen MR) is 47.1 cm³/mol. The normalized spacial score (nSPS) is 14.2. The monoisotopic (exact) mass is 188 g/mol. The van der Waals surface area contributed by atoms with Gasteiger partial charge in [-0.2, -0.15) is 0 Å². The van der Waals surface area contributed by atoms with E-state index in [4.69, 9.17) is 0 Å². The molecule has 0 radical (unpaired) electrons. The van der Waals surface area contributed by atoms with E-state index in [1.165, 1.54) is 0 Å². The Morgan fingerprint density at radius 3 is 2.38 bits per heavy atom. The highest BCUT2D eigenvalue weighted by Crippen LogP contribution is 2.01. The molecule has 0 spiro atoms. The number of rotatable bonds is 2. The summed E-state index contributed by atoms with van der Waals surface area (Å²) in [6.07, 6.45) is 2.02. The molecule has 13 heavy (non-hydrogen) atoms. The van der Waals surface area contributed by atoms with Gasteiger partial charge in [0.05, 0.1) is 13.2 Å². The Labute approximate surface area is 78.2 Å². The maximum atomic E-state index is 10.2. The smallest absolute Gasteiger partial charge is 0.305 e. The van der Waals surface area contributed by atoms with Gasteiger partial charge in [0.15, 0.2) is 0 Å². The van der Waals surface area contributed by atoms with Gasteiger partial charge in [-0.25, -0.2) is 0 Å². The number of esters is 2. The van der Waals surface area contributed by atoms with Crippen LogP contribution in [0.5, 0.6) is 0 Å². The van der Waals surface area contributed by atoms with E-state index in [0.717, 1.165) is 6.42 Å². The van der Waals surface area contributed by atoms with Crippen molar-refractivity contribution >= 4 is 11.9 Å². The first kappa shape index (κ1) is 11.9. The van der Waals surface area contributed by atoms with E-state index < -0.39 is 0 Å². The van der Waals surface area contributed by atoms with Gasteiger partial charge in [-0.15, -0.1) is 0 Å². The van der Waals surface area contributed by atoms with Crippen LogP contribution in [0.3, 0.4) is 0 Å². The molecular formula is C9H16O4. The summed E-state index contributed by atoms with van der Waals surface area (Å²) in [5.74, 6) is -0.169. The highest BCUT2D eigenvalue weighted by molar-refractivity contribution is 5.70. The summed E-state index contributed by atoms with van der Waals surface area (Å²) in [7, 11) is 0. The van der Waals surface area contributed by atoms with Crippen LogP contribution in [-0.2, 0) is 19.1 Å². The van der Waals surface area contributed by atoms with Crippen LogP contribution in [0.15, 0.2) is 0 Å². The van der Waals surface area contributed by atoms with Crippen LogP contribution in [0.4, 0.5) is 0 Å². The number of carbonyl (C=O) groups excluding carboxylic acids is 2. The van der Waals surface area contributed by atoms with Crippen LogP contribution in [0.1, 0.15) is 33.1 Å². The zero-order valence-electron chi connectivity index (χ0n) is 8.17. The molecule has 0 N–H and O–H groups in total. The van der Waals surface area contributed by atoms with Crippen LogP contribution in [0.2, 0.25) is 0 Å². The molecule has 1 saturated heterocycles. The first-order chi connectivity index (χ1) is 6.20. The second-order valence-electron chi connectivity index (χ2n) is 2.48. The number of ether oxygens (including phenoxy) is 2. The van der Waals surface area contributed by atoms with Crippen LogP contribution in [0.25, 0.3) is 0 Å². The van der Waals surface area contributed by atoms with E-state index in [-0.39, 0.29) is 11.9 Å². The SMILES string of the molecule is CCOC(=O)CC.O=C1CCCO1. The van der Waals surface area contributed by atoms with Gasteiger partial charge >= 0.3 is 11.9 Å². The van der Waals surface area contributed by atoms with E-state index in [1.807, 2.05) is 0 Å². The summed E-state index contributed by atoms with van der Waals surface area (Å²) in [6, 6.07) is 0. The minimum absolute atomic E-state index is 0.0463. The molecule has 0 saturated carbocycles. The Balaban J connectivity index is 0.000000223. The first-order valence-electron chi connectivity index (χ1n) is 4.52. The molecule has 1 fully saturated rings. The fourth-order valence-corrected chi connectivity index (χ4v) is 0.738. The molecule has 0 unspecified atom stereocenters. The highest BCUT2D eigenvalue weighted by atomic mass is 16.5. The maximum absolute atomic E-state index is 10.2. The Bertz CT molecular complexity index is 157. The summed E-state index contributed by atoms with van der Waals surface area (Å²) in [6.45, 7) is 4.71. The molecule has 0 bridgehead atoms. The molecule has 0 atom stereocenters. The van der Waals surface area contributed by atoms with Gasteiger partial charge < -0.3 is 9.47 Å². The molecule has 0 aromatic carbocycles. The second-order valence-corrected chi connectivity index (χ2v) is 2.48. The van der Waals surface area contributed by atoms with Crippen molar-refractivity contribution in [1.29, 1.82) is 0 Å². The third kappa shape index (κ3) is 7.31. The molecule has 0 amide bonds. The molecular weight excluding hydrogens is 172 g/mol. The molecule has 0 aliphatic carbocycles. The maximum Gasteiger partial charge on any atom is 0.305 e. The van der Waals surface area contributed by atoms with Crippen molar-refractivity contribution < 1.29 is 19.1 Å². The van der Waals surface area contributed by atoms with Crippen LogP contribution < -0.4 is 0 Å². The minimum atomic E-state index is -0.123. The van der Waals surface area contributed by atoms with Crippen molar-refractivity contribution in [3.05, 3.63) is 0 Å². The van der Waals surface area contributed by atoms with E-state index in [2.05, 4.69) is 9.47 Å². The van der Waals surface area contributed by atoms with Crippen molar-refractivity contribution in [3.63, 3.8) is 0 Å². The molecule has 1 heterocycles. The molecule has 1 aliphatic rings. The van der Waals surface area contributed by atoms with Crippen molar-refractivity contribution in [1.82, 2.24) is 0 Å². The first-order valence-corrected chi connectivity index (χ1v) is 4.52. The topological polar surface area (TPSA) is 52.6 Å². The zero-order valence-corrected chi connectivity index (χ0v) is 8.17. The van der Waals surface area contributed by atoms with Crippen LogP contribution >= 0.6 is 0 Å². The van der Waals surface area contributed by atoms with Crippen molar-refractivity contribution in [2.24, 2.45) is 0 Å². The van der Waals surface area contributed by atoms with Crippen LogP contribution in [0, 0.1) is 0 Å². The Morgan fingerprint density at radius 2 is 2.23 bits per heavy atom. The van der Waals surface area contributed by atoms with Gasteiger partial charge in [0.25, 0.3) is 0 Å². The van der Waals surface area contributed by atoms with Crippen molar-refractivity contribution in [2.45, 2.75) is 33.1 Å². The largest absolute Gasteiger partial charge is 0.466 e. The number of carbonyl (C=O) groups is 2.